The Labute approximate surface area is 121 Å². The smallest absolute Gasteiger partial charge is 0.265 e. The van der Waals surface area contributed by atoms with E-state index in [0.29, 0.717) is 9.90 Å². The molecule has 0 unspecified atom stereocenters. The second-order valence-corrected chi connectivity index (χ2v) is 6.42. The van der Waals surface area contributed by atoms with Gasteiger partial charge in [-0.25, -0.2) is 0 Å². The zero-order valence-electron chi connectivity index (χ0n) is 10.8. The number of quaternary nitrogens is 1. The lowest BCUT2D eigenvalue weighted by Gasteiger charge is -2.29. The average Bonchev–Trinajstić information content (AvgIpc) is 2.77. The number of likely N-dealkylation sites (N-methyl/N-ethyl adjacent to an activating group) is 1. The summed E-state index contributed by atoms with van der Waals surface area (Å²) in [6.07, 6.45) is 0. The minimum atomic E-state index is 0.0821. The van der Waals surface area contributed by atoms with Gasteiger partial charge in [-0.2, -0.15) is 0 Å². The summed E-state index contributed by atoms with van der Waals surface area (Å²) >= 11 is 7.85. The van der Waals surface area contributed by atoms with Crippen LogP contribution >= 0.6 is 22.9 Å². The maximum absolute atomic E-state index is 12.5. The minimum absolute atomic E-state index is 0.0821. The van der Waals surface area contributed by atoms with Crippen molar-refractivity contribution in [1.29, 1.82) is 0 Å². The van der Waals surface area contributed by atoms with Crippen LogP contribution in [-0.4, -0.2) is 44.0 Å². The van der Waals surface area contributed by atoms with Gasteiger partial charge in [0.1, 0.15) is 4.88 Å². The monoisotopic (exact) mass is 295 g/mol. The van der Waals surface area contributed by atoms with Crippen molar-refractivity contribution in [2.75, 3.05) is 33.2 Å². The van der Waals surface area contributed by atoms with Crippen molar-refractivity contribution in [3.05, 3.63) is 34.2 Å². The quantitative estimate of drug-likeness (QED) is 0.848. The molecule has 1 aliphatic rings. The maximum Gasteiger partial charge on any atom is 0.265 e. The summed E-state index contributed by atoms with van der Waals surface area (Å²) in [5.74, 6) is 0.0821. The van der Waals surface area contributed by atoms with Crippen molar-refractivity contribution in [3.8, 4) is 0 Å². The number of benzene rings is 1. The van der Waals surface area contributed by atoms with Gasteiger partial charge in [0.2, 0.25) is 0 Å². The summed E-state index contributed by atoms with van der Waals surface area (Å²) in [4.78, 5) is 16.6. The van der Waals surface area contributed by atoms with Gasteiger partial charge < -0.3 is 9.80 Å². The molecular weight excluding hydrogens is 280 g/mol. The Bertz CT molecular complexity index is 617. The third-order valence-corrected chi connectivity index (χ3v) is 5.30. The molecule has 0 aliphatic carbocycles. The third kappa shape index (κ3) is 2.36. The maximum atomic E-state index is 12.5. The molecule has 0 bridgehead atoms. The Balaban J connectivity index is 1.91. The number of rotatable bonds is 1. The molecule has 3 rings (SSSR count). The molecule has 1 saturated heterocycles. The van der Waals surface area contributed by atoms with E-state index in [1.165, 1.54) is 16.2 Å². The van der Waals surface area contributed by atoms with E-state index in [1.54, 1.807) is 0 Å². The molecule has 5 heteroatoms. The first-order chi connectivity index (χ1) is 9.16. The second-order valence-electron chi connectivity index (χ2n) is 4.99. The number of hydrogen-bond donors (Lipinski definition) is 1. The van der Waals surface area contributed by atoms with Gasteiger partial charge in [-0.1, -0.05) is 29.8 Å². The van der Waals surface area contributed by atoms with Crippen LogP contribution in [-0.2, 0) is 0 Å². The van der Waals surface area contributed by atoms with Gasteiger partial charge in [0, 0.05) is 10.1 Å². The van der Waals surface area contributed by atoms with Crippen molar-refractivity contribution in [2.24, 2.45) is 0 Å². The van der Waals surface area contributed by atoms with Gasteiger partial charge in [-0.05, 0) is 6.07 Å². The molecule has 0 spiro atoms. The molecule has 100 valence electrons. The number of carbonyl (C=O) groups excluding carboxylic acids is 1. The van der Waals surface area contributed by atoms with Gasteiger partial charge in [0.25, 0.3) is 5.91 Å². The Hall–Kier alpha value is -1.10. The van der Waals surface area contributed by atoms with Gasteiger partial charge in [-0.15, -0.1) is 11.3 Å². The lowest BCUT2D eigenvalue weighted by molar-refractivity contribution is -0.883. The number of hydrogen-bond acceptors (Lipinski definition) is 2. The van der Waals surface area contributed by atoms with E-state index in [4.69, 9.17) is 11.6 Å². The minimum Gasteiger partial charge on any atom is -0.334 e. The average molecular weight is 296 g/mol. The molecule has 3 nitrogen and oxygen atoms in total. The van der Waals surface area contributed by atoms with Crippen molar-refractivity contribution in [3.63, 3.8) is 0 Å². The molecule has 1 fully saturated rings. The number of thiophene rings is 1. The lowest BCUT2D eigenvalue weighted by atomic mass is 10.2. The van der Waals surface area contributed by atoms with Gasteiger partial charge in [0.15, 0.2) is 0 Å². The van der Waals surface area contributed by atoms with E-state index in [1.807, 2.05) is 29.2 Å². The number of piperazine rings is 1. The fraction of sp³-hybridized carbons (Fsp3) is 0.357. The summed E-state index contributed by atoms with van der Waals surface area (Å²) in [6, 6.07) is 7.91. The van der Waals surface area contributed by atoms with Crippen LogP contribution in [0.15, 0.2) is 24.3 Å². The van der Waals surface area contributed by atoms with Crippen LogP contribution in [0, 0.1) is 0 Å². The van der Waals surface area contributed by atoms with E-state index in [9.17, 15) is 4.79 Å². The largest absolute Gasteiger partial charge is 0.334 e. The van der Waals surface area contributed by atoms with Crippen LogP contribution in [0.1, 0.15) is 9.67 Å². The molecule has 1 aromatic carbocycles. The van der Waals surface area contributed by atoms with Crippen molar-refractivity contribution < 1.29 is 9.69 Å². The molecule has 2 aromatic rings. The van der Waals surface area contributed by atoms with Gasteiger partial charge >= 0.3 is 0 Å². The van der Waals surface area contributed by atoms with E-state index in [2.05, 4.69) is 7.05 Å². The Morgan fingerprint density at radius 2 is 2.00 bits per heavy atom. The lowest BCUT2D eigenvalue weighted by Crippen LogP contribution is -3.12. The molecule has 2 heterocycles. The summed E-state index contributed by atoms with van der Waals surface area (Å²) < 4.78 is 1.08. The van der Waals surface area contributed by atoms with Crippen LogP contribution in [0.3, 0.4) is 0 Å². The van der Waals surface area contributed by atoms with Crippen LogP contribution in [0.25, 0.3) is 10.1 Å². The number of amides is 1. The van der Waals surface area contributed by atoms with Crippen LogP contribution in [0.5, 0.6) is 0 Å². The van der Waals surface area contributed by atoms with Crippen molar-refractivity contribution in [1.82, 2.24) is 4.90 Å². The molecule has 1 N–H and O–H groups in total. The topological polar surface area (TPSA) is 24.8 Å². The number of fused-ring (bicyclic) bond motifs is 1. The third-order valence-electron chi connectivity index (χ3n) is 3.63. The zero-order valence-corrected chi connectivity index (χ0v) is 12.4. The first-order valence-corrected chi connectivity index (χ1v) is 7.64. The summed E-state index contributed by atoms with van der Waals surface area (Å²) in [5, 5.41) is 1.59. The molecule has 0 saturated carbocycles. The molecule has 1 amide bonds. The summed E-state index contributed by atoms with van der Waals surface area (Å²) in [5.41, 5.74) is 0. The molecule has 0 atom stereocenters. The Morgan fingerprint density at radius 3 is 2.68 bits per heavy atom. The normalized spacial score (nSPS) is 17.1. The number of carbonyl (C=O) groups is 1. The number of nitrogens with zero attached hydrogens (tertiary/aromatic N) is 1. The molecular formula is C14H16ClN2OS+. The fourth-order valence-electron chi connectivity index (χ4n) is 2.39. The molecule has 0 radical (unpaired) electrons. The first-order valence-electron chi connectivity index (χ1n) is 6.44. The van der Waals surface area contributed by atoms with Crippen LogP contribution in [0.2, 0.25) is 5.02 Å². The van der Waals surface area contributed by atoms with E-state index >= 15 is 0 Å². The Morgan fingerprint density at radius 1 is 1.32 bits per heavy atom. The highest BCUT2D eigenvalue weighted by atomic mass is 35.5. The Kier molecular flexibility index (Phi) is 3.48. The number of halogens is 1. The first kappa shape index (κ1) is 12.9. The highest BCUT2D eigenvalue weighted by molar-refractivity contribution is 7.21. The van der Waals surface area contributed by atoms with E-state index < -0.39 is 0 Å². The van der Waals surface area contributed by atoms with Gasteiger partial charge in [-0.3, -0.25) is 4.79 Å². The summed E-state index contributed by atoms with van der Waals surface area (Å²) in [6.45, 7) is 3.65. The highest BCUT2D eigenvalue weighted by Gasteiger charge is 2.26. The van der Waals surface area contributed by atoms with Crippen LogP contribution < -0.4 is 4.90 Å². The molecule has 1 aliphatic heterocycles. The van der Waals surface area contributed by atoms with Crippen molar-refractivity contribution >= 4 is 38.9 Å². The molecule has 19 heavy (non-hydrogen) atoms. The summed E-state index contributed by atoms with van der Waals surface area (Å²) in [7, 11) is 2.16. The SMILES string of the molecule is C[NH+]1CCN(C(=O)c2sc3ccccc3c2Cl)CC1. The standard InChI is InChI=1S/C14H15ClN2OS/c1-16-6-8-17(9-7-16)14(18)13-12(15)10-4-2-3-5-11(10)19-13/h2-5H,6-9H2,1H3/p+1. The molecule has 1 aromatic heterocycles. The van der Waals surface area contributed by atoms with E-state index in [-0.39, 0.29) is 5.91 Å². The van der Waals surface area contributed by atoms with E-state index in [0.717, 1.165) is 36.3 Å². The number of nitrogens with one attached hydrogen (secondary N) is 1. The predicted molar refractivity (Wildman–Crippen MR) is 79.4 cm³/mol. The highest BCUT2D eigenvalue weighted by Crippen LogP contribution is 2.35. The fourth-order valence-corrected chi connectivity index (χ4v) is 3.87. The second kappa shape index (κ2) is 5.12. The van der Waals surface area contributed by atoms with Gasteiger partial charge in [0.05, 0.1) is 38.2 Å². The zero-order chi connectivity index (χ0) is 13.4. The predicted octanol–water partition coefficient (Wildman–Crippen LogP) is 1.53. The van der Waals surface area contributed by atoms with Crippen molar-refractivity contribution in [2.45, 2.75) is 0 Å². The van der Waals surface area contributed by atoms with Crippen LogP contribution in [0.4, 0.5) is 0 Å².